The highest BCUT2D eigenvalue weighted by Crippen LogP contribution is 2.60. The lowest BCUT2D eigenvalue weighted by atomic mass is 9.98. The Balaban J connectivity index is 1.91. The van der Waals surface area contributed by atoms with E-state index in [1.54, 1.807) is 0 Å². The molecule has 0 radical (unpaired) electrons. The molecule has 0 amide bonds. The number of ether oxygens (including phenoxy) is 1. The highest BCUT2D eigenvalue weighted by Gasteiger charge is 2.55. The molecule has 0 spiro atoms. The largest absolute Gasteiger partial charge is 0.497 e. The van der Waals surface area contributed by atoms with Crippen molar-refractivity contribution in [2.24, 2.45) is 17.8 Å². The molecule has 0 saturated heterocycles. The minimum absolute atomic E-state index is 0.192. The Morgan fingerprint density at radius 1 is 1.19 bits per heavy atom. The summed E-state index contributed by atoms with van der Waals surface area (Å²) < 4.78 is 33.7. The average molecular weight is 295 g/mol. The van der Waals surface area contributed by atoms with Crippen LogP contribution in [0.25, 0.3) is 0 Å². The number of hydrogen-bond acceptors (Lipinski definition) is 2. The predicted octanol–water partition coefficient (Wildman–Crippen LogP) is 4.06. The summed E-state index contributed by atoms with van der Waals surface area (Å²) >= 11 is 0. The molecule has 2 nitrogen and oxygen atoms in total. The van der Waals surface area contributed by atoms with E-state index < -0.39 is 11.6 Å². The van der Waals surface area contributed by atoms with Gasteiger partial charge < -0.3 is 10.1 Å². The maximum Gasteiger partial charge on any atom is 0.134 e. The highest BCUT2D eigenvalue weighted by molar-refractivity contribution is 5.34. The summed E-state index contributed by atoms with van der Waals surface area (Å²) in [6.45, 7) is 2.70. The van der Waals surface area contributed by atoms with Crippen LogP contribution in [-0.2, 0) is 0 Å². The lowest BCUT2D eigenvalue weighted by Crippen LogP contribution is -2.26. The molecule has 1 aromatic carbocycles. The molecule has 2 fully saturated rings. The van der Waals surface area contributed by atoms with Gasteiger partial charge in [0, 0.05) is 23.7 Å². The minimum Gasteiger partial charge on any atom is -0.497 e. The Labute approximate surface area is 124 Å². The molecule has 0 aliphatic heterocycles. The standard InChI is InChI=1S/C17H23F2NO/c1-3-20-17(15-11-6-4-5-7-12(11)15)16-13(18)8-10(21-2)9-14(16)19/h8-9,11-12,15,17,20H,3-7H2,1-2H3. The topological polar surface area (TPSA) is 21.3 Å². The fraction of sp³-hybridized carbons (Fsp3) is 0.647. The molecule has 2 aliphatic carbocycles. The molecular formula is C17H23F2NO. The molecular weight excluding hydrogens is 272 g/mol. The van der Waals surface area contributed by atoms with Crippen LogP contribution in [-0.4, -0.2) is 13.7 Å². The Hall–Kier alpha value is -1.16. The van der Waals surface area contributed by atoms with Crippen molar-refractivity contribution in [3.8, 4) is 5.75 Å². The maximum absolute atomic E-state index is 14.4. The van der Waals surface area contributed by atoms with Crippen LogP contribution in [0.3, 0.4) is 0 Å². The van der Waals surface area contributed by atoms with Crippen molar-refractivity contribution in [2.75, 3.05) is 13.7 Å². The second kappa shape index (κ2) is 5.91. The van der Waals surface area contributed by atoms with E-state index in [9.17, 15) is 8.78 Å². The average Bonchev–Trinajstić information content (AvgIpc) is 3.19. The first kappa shape index (κ1) is 14.8. The maximum atomic E-state index is 14.4. The number of halogens is 2. The third-order valence-electron chi connectivity index (χ3n) is 5.13. The van der Waals surface area contributed by atoms with Crippen LogP contribution < -0.4 is 10.1 Å². The van der Waals surface area contributed by atoms with Gasteiger partial charge in [0.2, 0.25) is 0 Å². The van der Waals surface area contributed by atoms with Gasteiger partial charge in [-0.25, -0.2) is 8.78 Å². The van der Waals surface area contributed by atoms with Gasteiger partial charge >= 0.3 is 0 Å². The first-order valence-corrected chi connectivity index (χ1v) is 7.93. The zero-order valence-corrected chi connectivity index (χ0v) is 12.7. The second-order valence-electron chi connectivity index (χ2n) is 6.23. The Bertz CT molecular complexity index is 485. The normalized spacial score (nSPS) is 28.9. The fourth-order valence-corrected chi connectivity index (χ4v) is 4.17. The molecule has 1 N–H and O–H groups in total. The van der Waals surface area contributed by atoms with E-state index in [-0.39, 0.29) is 17.4 Å². The van der Waals surface area contributed by atoms with Crippen molar-refractivity contribution in [1.29, 1.82) is 0 Å². The van der Waals surface area contributed by atoms with Gasteiger partial charge in [0.25, 0.3) is 0 Å². The van der Waals surface area contributed by atoms with Crippen molar-refractivity contribution in [3.05, 3.63) is 29.3 Å². The molecule has 116 valence electrons. The number of hydrogen-bond donors (Lipinski definition) is 1. The third kappa shape index (κ3) is 2.66. The number of methoxy groups -OCH3 is 1. The van der Waals surface area contributed by atoms with Crippen LogP contribution >= 0.6 is 0 Å². The van der Waals surface area contributed by atoms with Crippen molar-refractivity contribution >= 4 is 0 Å². The van der Waals surface area contributed by atoms with Gasteiger partial charge in [0.15, 0.2) is 0 Å². The van der Waals surface area contributed by atoms with Crippen LogP contribution in [0.15, 0.2) is 12.1 Å². The van der Waals surface area contributed by atoms with E-state index in [0.717, 1.165) is 0 Å². The molecule has 2 aliphatic rings. The van der Waals surface area contributed by atoms with Crippen molar-refractivity contribution in [1.82, 2.24) is 5.32 Å². The molecule has 21 heavy (non-hydrogen) atoms. The first-order chi connectivity index (χ1) is 10.2. The molecule has 3 unspecified atom stereocenters. The third-order valence-corrected chi connectivity index (χ3v) is 5.13. The zero-order chi connectivity index (χ0) is 15.0. The van der Waals surface area contributed by atoms with Gasteiger partial charge in [-0.15, -0.1) is 0 Å². The van der Waals surface area contributed by atoms with Gasteiger partial charge in [0.1, 0.15) is 17.4 Å². The van der Waals surface area contributed by atoms with Crippen molar-refractivity contribution in [3.63, 3.8) is 0 Å². The van der Waals surface area contributed by atoms with E-state index in [4.69, 9.17) is 4.74 Å². The summed E-state index contributed by atoms with van der Waals surface area (Å²) in [7, 11) is 1.42. The van der Waals surface area contributed by atoms with Crippen LogP contribution in [0, 0.1) is 29.4 Å². The first-order valence-electron chi connectivity index (χ1n) is 7.93. The summed E-state index contributed by atoms with van der Waals surface area (Å²) in [5.74, 6) is 0.900. The van der Waals surface area contributed by atoms with Gasteiger partial charge in [-0.1, -0.05) is 19.8 Å². The zero-order valence-electron chi connectivity index (χ0n) is 12.7. The van der Waals surface area contributed by atoms with Gasteiger partial charge in [-0.05, 0) is 37.1 Å². The van der Waals surface area contributed by atoms with E-state index in [1.807, 2.05) is 6.92 Å². The fourth-order valence-electron chi connectivity index (χ4n) is 4.17. The number of rotatable bonds is 5. The van der Waals surface area contributed by atoms with Crippen molar-refractivity contribution in [2.45, 2.75) is 38.6 Å². The smallest absolute Gasteiger partial charge is 0.134 e. The number of nitrogens with one attached hydrogen (secondary N) is 1. The van der Waals surface area contributed by atoms with E-state index in [0.29, 0.717) is 24.3 Å². The van der Waals surface area contributed by atoms with Crippen LogP contribution in [0.2, 0.25) is 0 Å². The Morgan fingerprint density at radius 2 is 1.76 bits per heavy atom. The molecule has 4 heteroatoms. The summed E-state index contributed by atoms with van der Waals surface area (Å²) in [6.07, 6.45) is 4.92. The van der Waals surface area contributed by atoms with E-state index in [1.165, 1.54) is 44.9 Å². The van der Waals surface area contributed by atoms with Crippen LogP contribution in [0.5, 0.6) is 5.75 Å². The van der Waals surface area contributed by atoms with E-state index >= 15 is 0 Å². The molecule has 0 bridgehead atoms. The van der Waals surface area contributed by atoms with Crippen molar-refractivity contribution < 1.29 is 13.5 Å². The molecule has 0 aromatic heterocycles. The predicted molar refractivity (Wildman–Crippen MR) is 78.3 cm³/mol. The SMILES string of the molecule is CCNC(c1c(F)cc(OC)cc1F)C1C2CCCCC21. The monoisotopic (exact) mass is 295 g/mol. The molecule has 0 heterocycles. The van der Waals surface area contributed by atoms with E-state index in [2.05, 4.69) is 5.32 Å². The number of benzene rings is 1. The summed E-state index contributed by atoms with van der Waals surface area (Å²) in [5.41, 5.74) is 0.192. The molecule has 3 rings (SSSR count). The number of fused-ring (bicyclic) bond motifs is 1. The lowest BCUT2D eigenvalue weighted by molar-refractivity contribution is 0.390. The molecule has 2 saturated carbocycles. The summed E-state index contributed by atoms with van der Waals surface area (Å²) in [4.78, 5) is 0. The quantitative estimate of drug-likeness (QED) is 0.884. The Morgan fingerprint density at radius 3 is 2.24 bits per heavy atom. The van der Waals surface area contributed by atoms with Crippen LogP contribution in [0.1, 0.15) is 44.2 Å². The van der Waals surface area contributed by atoms with Gasteiger partial charge in [0.05, 0.1) is 7.11 Å². The lowest BCUT2D eigenvalue weighted by Gasteiger charge is -2.21. The highest BCUT2D eigenvalue weighted by atomic mass is 19.1. The molecule has 1 aromatic rings. The summed E-state index contributed by atoms with van der Waals surface area (Å²) in [6, 6.07) is 2.36. The summed E-state index contributed by atoms with van der Waals surface area (Å²) in [5, 5.41) is 3.32. The Kier molecular flexibility index (Phi) is 4.16. The minimum atomic E-state index is -0.499. The second-order valence-corrected chi connectivity index (χ2v) is 6.23. The molecule has 3 atom stereocenters. The van der Waals surface area contributed by atoms with Gasteiger partial charge in [-0.2, -0.15) is 0 Å². The van der Waals surface area contributed by atoms with Gasteiger partial charge in [-0.3, -0.25) is 0 Å². The van der Waals surface area contributed by atoms with Crippen LogP contribution in [0.4, 0.5) is 8.78 Å².